The predicted molar refractivity (Wildman–Crippen MR) is 81.9 cm³/mol. The number of benzene rings is 2. The number of nitrogens with zero attached hydrogens (tertiary/aromatic N) is 3. The van der Waals surface area contributed by atoms with Crippen molar-refractivity contribution in [3.63, 3.8) is 0 Å². The van der Waals surface area contributed by atoms with Crippen LogP contribution >= 0.6 is 0 Å². The fourth-order valence-corrected chi connectivity index (χ4v) is 2.04. The molecule has 21 heavy (non-hydrogen) atoms. The van der Waals surface area contributed by atoms with Crippen molar-refractivity contribution in [3.05, 3.63) is 60.4 Å². The molecule has 1 aromatic heterocycles. The number of hydrogen-bond acceptors (Lipinski definition) is 4. The van der Waals surface area contributed by atoms with Crippen LogP contribution in [0.3, 0.4) is 0 Å². The van der Waals surface area contributed by atoms with E-state index >= 15 is 0 Å². The van der Waals surface area contributed by atoms with Crippen molar-refractivity contribution in [2.24, 2.45) is 7.05 Å². The summed E-state index contributed by atoms with van der Waals surface area (Å²) in [5.41, 5.74) is 1.93. The maximum atomic E-state index is 9.26. The number of nitrogens with one attached hydrogen (secondary N) is 1. The van der Waals surface area contributed by atoms with Gasteiger partial charge in [0.1, 0.15) is 11.6 Å². The lowest BCUT2D eigenvalue weighted by Gasteiger charge is -2.05. The zero-order chi connectivity index (χ0) is 14.7. The van der Waals surface area contributed by atoms with E-state index in [-0.39, 0.29) is 5.75 Å². The molecule has 1 heterocycles. The van der Waals surface area contributed by atoms with Gasteiger partial charge in [-0.2, -0.15) is 5.10 Å². The Balaban J connectivity index is 1.74. The fourth-order valence-electron chi connectivity index (χ4n) is 2.04. The van der Waals surface area contributed by atoms with Crippen LogP contribution in [0.15, 0.2) is 54.6 Å². The lowest BCUT2D eigenvalue weighted by molar-refractivity contribution is 0.475. The largest absolute Gasteiger partial charge is 0.508 e. The quantitative estimate of drug-likeness (QED) is 0.721. The van der Waals surface area contributed by atoms with Crippen molar-refractivity contribution in [3.8, 4) is 17.1 Å². The number of phenols is 1. The van der Waals surface area contributed by atoms with Crippen LogP contribution in [0.1, 0.15) is 5.82 Å². The first-order valence-electron chi connectivity index (χ1n) is 6.70. The molecule has 0 bridgehead atoms. The third-order valence-corrected chi connectivity index (χ3v) is 3.20. The second kappa shape index (κ2) is 5.66. The highest BCUT2D eigenvalue weighted by Gasteiger charge is 2.08. The van der Waals surface area contributed by atoms with Gasteiger partial charge in [-0.05, 0) is 24.3 Å². The van der Waals surface area contributed by atoms with Crippen LogP contribution in [0.5, 0.6) is 5.75 Å². The van der Waals surface area contributed by atoms with Crippen LogP contribution in [0, 0.1) is 0 Å². The summed E-state index contributed by atoms with van der Waals surface area (Å²) in [5, 5.41) is 17.0. The molecule has 0 radical (unpaired) electrons. The first-order valence-corrected chi connectivity index (χ1v) is 6.70. The third kappa shape index (κ3) is 3.02. The summed E-state index contributed by atoms with van der Waals surface area (Å²) >= 11 is 0. The molecule has 0 aliphatic carbocycles. The van der Waals surface area contributed by atoms with Crippen LogP contribution in [-0.4, -0.2) is 19.9 Å². The second-order valence-electron chi connectivity index (χ2n) is 4.74. The van der Waals surface area contributed by atoms with Crippen LogP contribution in [0.4, 0.5) is 5.69 Å². The summed E-state index contributed by atoms with van der Waals surface area (Å²) in [6.45, 7) is 0.571. The molecule has 3 aromatic rings. The Morgan fingerprint density at radius 2 is 1.76 bits per heavy atom. The van der Waals surface area contributed by atoms with Gasteiger partial charge in [-0.3, -0.25) is 4.68 Å². The molecular formula is C16H16N4O. The van der Waals surface area contributed by atoms with E-state index in [1.54, 1.807) is 16.8 Å². The topological polar surface area (TPSA) is 63.0 Å². The van der Waals surface area contributed by atoms with E-state index in [1.807, 2.05) is 49.5 Å². The standard InChI is InChI=1S/C16H16N4O/c1-20-15(11-17-13-7-9-14(21)10-8-13)18-16(19-20)12-5-3-2-4-6-12/h2-10,17,21H,11H2,1H3. The Kier molecular flexibility index (Phi) is 3.55. The van der Waals surface area contributed by atoms with Gasteiger partial charge in [0.2, 0.25) is 0 Å². The Bertz CT molecular complexity index is 720. The average Bonchev–Trinajstić information content (AvgIpc) is 2.89. The molecule has 0 atom stereocenters. The summed E-state index contributed by atoms with van der Waals surface area (Å²) in [7, 11) is 1.88. The van der Waals surface area contributed by atoms with Crippen molar-refractivity contribution >= 4 is 5.69 Å². The summed E-state index contributed by atoms with van der Waals surface area (Å²) < 4.78 is 1.77. The Morgan fingerprint density at radius 1 is 1.05 bits per heavy atom. The van der Waals surface area contributed by atoms with E-state index in [2.05, 4.69) is 15.4 Å². The monoisotopic (exact) mass is 280 g/mol. The molecule has 106 valence electrons. The van der Waals surface area contributed by atoms with E-state index in [0.29, 0.717) is 6.54 Å². The third-order valence-electron chi connectivity index (χ3n) is 3.20. The molecule has 0 amide bonds. The van der Waals surface area contributed by atoms with Crippen molar-refractivity contribution in [1.29, 1.82) is 0 Å². The molecule has 0 aliphatic heterocycles. The highest BCUT2D eigenvalue weighted by Crippen LogP contribution is 2.17. The smallest absolute Gasteiger partial charge is 0.181 e. The number of aromatic nitrogens is 3. The van der Waals surface area contributed by atoms with Gasteiger partial charge in [0.05, 0.1) is 6.54 Å². The number of phenolic OH excluding ortho intramolecular Hbond substituents is 1. The highest BCUT2D eigenvalue weighted by molar-refractivity contribution is 5.54. The van der Waals surface area contributed by atoms with E-state index in [0.717, 1.165) is 22.9 Å². The average molecular weight is 280 g/mol. The Hall–Kier alpha value is -2.82. The molecule has 3 rings (SSSR count). The van der Waals surface area contributed by atoms with Crippen LogP contribution in [-0.2, 0) is 13.6 Å². The van der Waals surface area contributed by atoms with Gasteiger partial charge in [-0.1, -0.05) is 30.3 Å². The van der Waals surface area contributed by atoms with Crippen LogP contribution in [0.25, 0.3) is 11.4 Å². The zero-order valence-electron chi connectivity index (χ0n) is 11.7. The summed E-state index contributed by atoms with van der Waals surface area (Å²) in [6.07, 6.45) is 0. The second-order valence-corrected chi connectivity index (χ2v) is 4.74. The Morgan fingerprint density at radius 3 is 2.48 bits per heavy atom. The first-order chi connectivity index (χ1) is 10.2. The summed E-state index contributed by atoms with van der Waals surface area (Å²) in [5.74, 6) is 1.83. The van der Waals surface area contributed by atoms with Gasteiger partial charge in [0.25, 0.3) is 0 Å². The SMILES string of the molecule is Cn1nc(-c2ccccc2)nc1CNc1ccc(O)cc1. The van der Waals surface area contributed by atoms with Gasteiger partial charge in [-0.15, -0.1) is 0 Å². The molecular weight excluding hydrogens is 264 g/mol. The minimum absolute atomic E-state index is 0.255. The summed E-state index contributed by atoms with van der Waals surface area (Å²) in [6, 6.07) is 16.8. The van der Waals surface area contributed by atoms with Gasteiger partial charge in [0.15, 0.2) is 5.82 Å². The molecule has 0 spiro atoms. The zero-order valence-corrected chi connectivity index (χ0v) is 11.7. The molecule has 5 nitrogen and oxygen atoms in total. The molecule has 2 aromatic carbocycles. The predicted octanol–water partition coefficient (Wildman–Crippen LogP) is 2.80. The Labute approximate surface area is 122 Å². The minimum Gasteiger partial charge on any atom is -0.508 e. The van der Waals surface area contributed by atoms with Crippen LogP contribution < -0.4 is 5.32 Å². The maximum absolute atomic E-state index is 9.26. The van der Waals surface area contributed by atoms with Gasteiger partial charge >= 0.3 is 0 Å². The number of rotatable bonds is 4. The van der Waals surface area contributed by atoms with E-state index in [1.165, 1.54) is 0 Å². The lowest BCUT2D eigenvalue weighted by Crippen LogP contribution is -2.06. The molecule has 2 N–H and O–H groups in total. The normalized spacial score (nSPS) is 10.5. The highest BCUT2D eigenvalue weighted by atomic mass is 16.3. The minimum atomic E-state index is 0.255. The van der Waals surface area contributed by atoms with Crippen LogP contribution in [0.2, 0.25) is 0 Å². The molecule has 5 heteroatoms. The van der Waals surface area contributed by atoms with Crippen molar-refractivity contribution in [1.82, 2.24) is 14.8 Å². The number of hydrogen-bond donors (Lipinski definition) is 2. The molecule has 0 fully saturated rings. The van der Waals surface area contributed by atoms with E-state index in [9.17, 15) is 5.11 Å². The van der Waals surface area contributed by atoms with Crippen molar-refractivity contribution in [2.45, 2.75) is 6.54 Å². The maximum Gasteiger partial charge on any atom is 0.181 e. The van der Waals surface area contributed by atoms with Crippen molar-refractivity contribution in [2.75, 3.05) is 5.32 Å². The van der Waals surface area contributed by atoms with Gasteiger partial charge in [-0.25, -0.2) is 4.98 Å². The molecule has 0 saturated heterocycles. The van der Waals surface area contributed by atoms with Crippen molar-refractivity contribution < 1.29 is 5.11 Å². The molecule has 0 unspecified atom stereocenters. The van der Waals surface area contributed by atoms with E-state index in [4.69, 9.17) is 0 Å². The number of aromatic hydroxyl groups is 1. The molecule has 0 saturated carbocycles. The molecule has 0 aliphatic rings. The van der Waals surface area contributed by atoms with Gasteiger partial charge in [0, 0.05) is 18.3 Å². The summed E-state index contributed by atoms with van der Waals surface area (Å²) in [4.78, 5) is 4.55. The fraction of sp³-hybridized carbons (Fsp3) is 0.125. The van der Waals surface area contributed by atoms with Gasteiger partial charge < -0.3 is 10.4 Å². The first kappa shape index (κ1) is 13.2. The number of anilines is 1. The lowest BCUT2D eigenvalue weighted by atomic mass is 10.2. The number of aryl methyl sites for hydroxylation is 1. The van der Waals surface area contributed by atoms with E-state index < -0.39 is 0 Å².